The topological polar surface area (TPSA) is 67.3 Å². The minimum absolute atomic E-state index is 0.0628. The predicted molar refractivity (Wildman–Crippen MR) is 138 cm³/mol. The molecule has 0 spiro atoms. The predicted octanol–water partition coefficient (Wildman–Crippen LogP) is 6.83. The third kappa shape index (κ3) is 5.58. The lowest BCUT2D eigenvalue weighted by atomic mass is 9.88. The van der Waals surface area contributed by atoms with Gasteiger partial charge in [0.15, 0.2) is 0 Å². The molecule has 1 atom stereocenters. The minimum atomic E-state index is -0.165. The van der Waals surface area contributed by atoms with Crippen LogP contribution in [-0.4, -0.2) is 10.9 Å². The van der Waals surface area contributed by atoms with Crippen molar-refractivity contribution in [2.45, 2.75) is 25.5 Å². The first-order valence-corrected chi connectivity index (χ1v) is 11.9. The van der Waals surface area contributed by atoms with Gasteiger partial charge in [0.05, 0.1) is 12.8 Å². The molecule has 176 valence electrons. The molecule has 5 rings (SSSR count). The molecule has 2 aromatic heterocycles. The van der Waals surface area contributed by atoms with Crippen LogP contribution in [-0.2, 0) is 17.9 Å². The number of H-pyrrole nitrogens is 1. The number of benzene rings is 3. The summed E-state index contributed by atoms with van der Waals surface area (Å²) in [6.07, 6.45) is 3.84. The molecule has 0 radical (unpaired) electrons. The fourth-order valence-corrected chi connectivity index (χ4v) is 4.38. The monoisotopic (exact) mass is 484 g/mol. The normalized spacial score (nSPS) is 11.9. The summed E-state index contributed by atoms with van der Waals surface area (Å²) < 4.78 is 11.3. The van der Waals surface area contributed by atoms with Crippen LogP contribution in [0.3, 0.4) is 0 Å². The summed E-state index contributed by atoms with van der Waals surface area (Å²) in [5, 5.41) is 4.62. The Bertz CT molecular complexity index is 1390. The number of furan rings is 1. The van der Waals surface area contributed by atoms with Crippen LogP contribution in [0.2, 0.25) is 5.02 Å². The highest BCUT2D eigenvalue weighted by Gasteiger charge is 2.22. The maximum absolute atomic E-state index is 12.9. The Labute approximate surface area is 208 Å². The van der Waals surface area contributed by atoms with E-state index in [9.17, 15) is 4.79 Å². The maximum Gasteiger partial charge on any atom is 0.221 e. The van der Waals surface area contributed by atoms with Gasteiger partial charge in [0.1, 0.15) is 18.1 Å². The number of nitrogens with one attached hydrogen (secondary N) is 2. The minimum Gasteiger partial charge on any atom is -0.489 e. The zero-order chi connectivity index (χ0) is 24.0. The van der Waals surface area contributed by atoms with Crippen molar-refractivity contribution in [3.63, 3.8) is 0 Å². The molecule has 1 amide bonds. The Hall–Kier alpha value is -3.96. The quantitative estimate of drug-likeness (QED) is 0.241. The molecule has 0 aliphatic heterocycles. The van der Waals surface area contributed by atoms with Gasteiger partial charge in [0, 0.05) is 34.5 Å². The van der Waals surface area contributed by atoms with E-state index in [2.05, 4.69) is 10.3 Å². The zero-order valence-electron chi connectivity index (χ0n) is 19.0. The van der Waals surface area contributed by atoms with Gasteiger partial charge >= 0.3 is 0 Å². The summed E-state index contributed by atoms with van der Waals surface area (Å²) in [6.45, 7) is 0.851. The van der Waals surface area contributed by atoms with Crippen molar-refractivity contribution in [1.29, 1.82) is 0 Å². The summed E-state index contributed by atoms with van der Waals surface area (Å²) in [7, 11) is 0. The van der Waals surface area contributed by atoms with Gasteiger partial charge in [0.25, 0.3) is 0 Å². The Balaban J connectivity index is 1.38. The van der Waals surface area contributed by atoms with E-state index in [0.29, 0.717) is 23.9 Å². The summed E-state index contributed by atoms with van der Waals surface area (Å²) in [5.41, 5.74) is 4.13. The first-order valence-electron chi connectivity index (χ1n) is 11.5. The first kappa shape index (κ1) is 22.8. The molecule has 5 aromatic rings. The van der Waals surface area contributed by atoms with Gasteiger partial charge in [-0.25, -0.2) is 0 Å². The summed E-state index contributed by atoms with van der Waals surface area (Å²) in [4.78, 5) is 16.2. The molecule has 2 N–H and O–H groups in total. The lowest BCUT2D eigenvalue weighted by Gasteiger charge is -2.18. The number of ether oxygens (including phenoxy) is 1. The third-order valence-corrected chi connectivity index (χ3v) is 6.25. The SMILES string of the molecule is O=C(C[C@@H](c1ccc(OCc2ccccc2)cc1)c1c[nH]c2ccc(Cl)cc12)NCc1ccco1. The van der Waals surface area contributed by atoms with Crippen LogP contribution in [0.15, 0.2) is 102 Å². The van der Waals surface area contributed by atoms with Crippen molar-refractivity contribution in [2.24, 2.45) is 0 Å². The summed E-state index contributed by atoms with van der Waals surface area (Å²) >= 11 is 6.30. The Kier molecular flexibility index (Phi) is 6.87. The number of hydrogen-bond donors (Lipinski definition) is 2. The third-order valence-electron chi connectivity index (χ3n) is 6.01. The Morgan fingerprint density at radius 1 is 1.00 bits per heavy atom. The highest BCUT2D eigenvalue weighted by Crippen LogP contribution is 2.35. The highest BCUT2D eigenvalue weighted by atomic mass is 35.5. The molecule has 0 fully saturated rings. The van der Waals surface area contributed by atoms with Gasteiger partial charge < -0.3 is 19.5 Å². The van der Waals surface area contributed by atoms with Crippen LogP contribution >= 0.6 is 11.6 Å². The smallest absolute Gasteiger partial charge is 0.221 e. The van der Waals surface area contributed by atoms with Crippen molar-refractivity contribution in [2.75, 3.05) is 0 Å². The van der Waals surface area contributed by atoms with Crippen LogP contribution < -0.4 is 10.1 Å². The number of carbonyl (C=O) groups is 1. The van der Waals surface area contributed by atoms with E-state index in [4.69, 9.17) is 20.8 Å². The van der Waals surface area contributed by atoms with Gasteiger partial charge in [-0.1, -0.05) is 54.1 Å². The number of aromatic nitrogens is 1. The van der Waals surface area contributed by atoms with Crippen LogP contribution in [0.1, 0.15) is 34.8 Å². The molecule has 0 unspecified atom stereocenters. The highest BCUT2D eigenvalue weighted by molar-refractivity contribution is 6.31. The molecule has 2 heterocycles. The Morgan fingerprint density at radius 2 is 1.83 bits per heavy atom. The van der Waals surface area contributed by atoms with E-state index >= 15 is 0 Å². The summed E-state index contributed by atoms with van der Waals surface area (Å²) in [5.74, 6) is 1.27. The van der Waals surface area contributed by atoms with Crippen molar-refractivity contribution in [3.05, 3.63) is 125 Å². The first-order chi connectivity index (χ1) is 17.2. The second kappa shape index (κ2) is 10.5. The molecular formula is C29H25ClN2O3. The van der Waals surface area contributed by atoms with E-state index in [1.165, 1.54) is 0 Å². The molecule has 0 aliphatic rings. The number of rotatable bonds is 9. The fourth-order valence-electron chi connectivity index (χ4n) is 4.20. The molecular weight excluding hydrogens is 460 g/mol. The Morgan fingerprint density at radius 3 is 2.60 bits per heavy atom. The average Bonchev–Trinajstić information content (AvgIpc) is 3.56. The van der Waals surface area contributed by atoms with Gasteiger partial charge in [0.2, 0.25) is 5.91 Å². The van der Waals surface area contributed by atoms with Crippen LogP contribution in [0.5, 0.6) is 5.75 Å². The fraction of sp³-hybridized carbons (Fsp3) is 0.138. The number of amides is 1. The molecule has 6 heteroatoms. The number of aromatic amines is 1. The lowest BCUT2D eigenvalue weighted by Crippen LogP contribution is -2.24. The zero-order valence-corrected chi connectivity index (χ0v) is 19.8. The van der Waals surface area contributed by atoms with Crippen molar-refractivity contribution >= 4 is 28.4 Å². The van der Waals surface area contributed by atoms with Gasteiger partial charge in [-0.3, -0.25) is 4.79 Å². The van der Waals surface area contributed by atoms with Crippen molar-refractivity contribution < 1.29 is 13.9 Å². The second-order valence-electron chi connectivity index (χ2n) is 8.39. The van der Waals surface area contributed by atoms with E-state index < -0.39 is 0 Å². The van der Waals surface area contributed by atoms with E-state index in [0.717, 1.165) is 33.3 Å². The maximum atomic E-state index is 12.9. The van der Waals surface area contributed by atoms with Gasteiger partial charge in [-0.2, -0.15) is 0 Å². The molecule has 0 saturated carbocycles. The average molecular weight is 485 g/mol. The number of fused-ring (bicyclic) bond motifs is 1. The standard InChI is InChI=1S/C29H25ClN2O3/c30-22-10-13-28-26(15-22)27(18-31-28)25(16-29(33)32-17-24-7-4-14-34-24)21-8-11-23(12-9-21)35-19-20-5-2-1-3-6-20/h1-15,18,25,31H,16-17,19H2,(H,32,33)/t25-/m0/s1. The van der Waals surface area contributed by atoms with Gasteiger partial charge in [-0.15, -0.1) is 0 Å². The van der Waals surface area contributed by atoms with Crippen LogP contribution in [0.25, 0.3) is 10.9 Å². The molecule has 5 nitrogen and oxygen atoms in total. The van der Waals surface area contributed by atoms with E-state index in [-0.39, 0.29) is 18.2 Å². The number of halogens is 1. The number of carbonyl (C=O) groups excluding carboxylic acids is 1. The van der Waals surface area contributed by atoms with E-state index in [1.807, 2.05) is 85.1 Å². The van der Waals surface area contributed by atoms with Gasteiger partial charge in [-0.05, 0) is 59.2 Å². The molecule has 0 aliphatic carbocycles. The largest absolute Gasteiger partial charge is 0.489 e. The van der Waals surface area contributed by atoms with Crippen molar-refractivity contribution in [3.8, 4) is 5.75 Å². The molecule has 0 bridgehead atoms. The lowest BCUT2D eigenvalue weighted by molar-refractivity contribution is -0.121. The van der Waals surface area contributed by atoms with Crippen LogP contribution in [0, 0.1) is 0 Å². The van der Waals surface area contributed by atoms with E-state index in [1.54, 1.807) is 12.3 Å². The number of hydrogen-bond acceptors (Lipinski definition) is 3. The molecule has 35 heavy (non-hydrogen) atoms. The molecule has 3 aromatic carbocycles. The van der Waals surface area contributed by atoms with Crippen molar-refractivity contribution in [1.82, 2.24) is 10.3 Å². The molecule has 0 saturated heterocycles. The van der Waals surface area contributed by atoms with Crippen LogP contribution in [0.4, 0.5) is 0 Å². The summed E-state index contributed by atoms with van der Waals surface area (Å²) in [6, 6.07) is 27.4. The second-order valence-corrected chi connectivity index (χ2v) is 8.83.